The maximum Gasteiger partial charge on any atom is 0.109 e. The second-order valence-corrected chi connectivity index (χ2v) is 3.89. The van der Waals surface area contributed by atoms with Crippen LogP contribution in [-0.4, -0.2) is 37.5 Å². The van der Waals surface area contributed by atoms with Crippen LogP contribution >= 0.6 is 0 Å². The van der Waals surface area contributed by atoms with E-state index in [2.05, 4.69) is 19.2 Å². The maximum absolute atomic E-state index is 5.96. The summed E-state index contributed by atoms with van der Waals surface area (Å²) in [7, 11) is 0. The molecule has 2 aliphatic rings. The lowest BCUT2D eigenvalue weighted by Gasteiger charge is -2.39. The molecule has 3 heteroatoms. The van der Waals surface area contributed by atoms with Crippen molar-refractivity contribution in [2.24, 2.45) is 0 Å². The number of hydrogen-bond acceptors (Lipinski definition) is 3. The average Bonchev–Trinajstić information content (AvgIpc) is 2.33. The van der Waals surface area contributed by atoms with Crippen LogP contribution in [0.4, 0.5) is 0 Å². The van der Waals surface area contributed by atoms with Gasteiger partial charge < -0.3 is 14.8 Å². The van der Waals surface area contributed by atoms with Gasteiger partial charge in [0, 0.05) is 26.1 Å². The van der Waals surface area contributed by atoms with Crippen molar-refractivity contribution in [3.8, 4) is 0 Å². The summed E-state index contributed by atoms with van der Waals surface area (Å²) >= 11 is 0. The van der Waals surface area contributed by atoms with Crippen LogP contribution in [0, 0.1) is 0 Å². The lowest BCUT2D eigenvalue weighted by molar-refractivity contribution is -0.135. The zero-order chi connectivity index (χ0) is 8.60. The minimum atomic E-state index is -0.0301. The van der Waals surface area contributed by atoms with Gasteiger partial charge in [-0.05, 0) is 13.8 Å². The Hall–Kier alpha value is -0.120. The average molecular weight is 171 g/mol. The Morgan fingerprint density at radius 3 is 2.83 bits per heavy atom. The van der Waals surface area contributed by atoms with Crippen LogP contribution in [0.2, 0.25) is 0 Å². The first kappa shape index (κ1) is 8.48. The first-order valence-electron chi connectivity index (χ1n) is 4.73. The third kappa shape index (κ3) is 1.26. The molecule has 0 aromatic carbocycles. The van der Waals surface area contributed by atoms with Crippen LogP contribution in [0.1, 0.15) is 20.3 Å². The molecule has 0 radical (unpaired) electrons. The van der Waals surface area contributed by atoms with Gasteiger partial charge in [-0.25, -0.2) is 0 Å². The highest BCUT2D eigenvalue weighted by Gasteiger charge is 2.45. The zero-order valence-corrected chi connectivity index (χ0v) is 7.80. The predicted molar refractivity (Wildman–Crippen MR) is 46.2 cm³/mol. The summed E-state index contributed by atoms with van der Waals surface area (Å²) in [4.78, 5) is 0. The summed E-state index contributed by atoms with van der Waals surface area (Å²) in [5.41, 5.74) is -0.0301. The molecule has 2 heterocycles. The van der Waals surface area contributed by atoms with Gasteiger partial charge in [0.15, 0.2) is 0 Å². The van der Waals surface area contributed by atoms with Crippen molar-refractivity contribution >= 4 is 0 Å². The highest BCUT2D eigenvalue weighted by molar-refractivity contribution is 4.96. The van der Waals surface area contributed by atoms with Crippen molar-refractivity contribution in [3.05, 3.63) is 0 Å². The third-order valence-corrected chi connectivity index (χ3v) is 2.93. The van der Waals surface area contributed by atoms with Crippen molar-refractivity contribution in [1.82, 2.24) is 5.32 Å². The molecule has 2 rings (SSSR count). The van der Waals surface area contributed by atoms with Crippen molar-refractivity contribution in [1.29, 1.82) is 0 Å². The summed E-state index contributed by atoms with van der Waals surface area (Å²) in [5, 5.41) is 3.39. The molecule has 0 unspecified atom stereocenters. The van der Waals surface area contributed by atoms with E-state index in [1.807, 2.05) is 0 Å². The van der Waals surface area contributed by atoms with Crippen molar-refractivity contribution in [3.63, 3.8) is 0 Å². The van der Waals surface area contributed by atoms with E-state index < -0.39 is 0 Å². The molecule has 1 N–H and O–H groups in total. The quantitative estimate of drug-likeness (QED) is 0.577. The van der Waals surface area contributed by atoms with Gasteiger partial charge in [0.2, 0.25) is 0 Å². The third-order valence-electron chi connectivity index (χ3n) is 2.93. The van der Waals surface area contributed by atoms with E-state index >= 15 is 0 Å². The SMILES string of the molecule is C[C@@H]1CNC[C@@]2(CCO[C@@H]2C)O1. The first-order valence-corrected chi connectivity index (χ1v) is 4.73. The molecule has 70 valence electrons. The van der Waals surface area contributed by atoms with Gasteiger partial charge in [0.1, 0.15) is 5.60 Å². The number of nitrogens with one attached hydrogen (secondary N) is 1. The van der Waals surface area contributed by atoms with Crippen LogP contribution in [0.5, 0.6) is 0 Å². The van der Waals surface area contributed by atoms with Crippen molar-refractivity contribution in [2.45, 2.75) is 38.1 Å². The van der Waals surface area contributed by atoms with Crippen LogP contribution in [0.25, 0.3) is 0 Å². The molecule has 3 atom stereocenters. The summed E-state index contributed by atoms with van der Waals surface area (Å²) in [5.74, 6) is 0. The number of rotatable bonds is 0. The van der Waals surface area contributed by atoms with E-state index in [1.54, 1.807) is 0 Å². The normalized spacial score (nSPS) is 48.5. The first-order chi connectivity index (χ1) is 5.73. The van der Waals surface area contributed by atoms with Crippen LogP contribution in [-0.2, 0) is 9.47 Å². The van der Waals surface area contributed by atoms with Gasteiger partial charge >= 0.3 is 0 Å². The number of morpholine rings is 1. The van der Waals surface area contributed by atoms with Crippen LogP contribution in [0.3, 0.4) is 0 Å². The fourth-order valence-electron chi connectivity index (χ4n) is 2.12. The van der Waals surface area contributed by atoms with E-state index in [0.717, 1.165) is 26.1 Å². The van der Waals surface area contributed by atoms with E-state index in [1.165, 1.54) is 0 Å². The fraction of sp³-hybridized carbons (Fsp3) is 1.00. The van der Waals surface area contributed by atoms with Gasteiger partial charge in [0.05, 0.1) is 12.2 Å². The Bertz CT molecular complexity index is 174. The molecule has 0 aliphatic carbocycles. The highest BCUT2D eigenvalue weighted by Crippen LogP contribution is 2.32. The minimum absolute atomic E-state index is 0.0301. The van der Waals surface area contributed by atoms with Gasteiger partial charge in [0.25, 0.3) is 0 Å². The van der Waals surface area contributed by atoms with Crippen LogP contribution in [0.15, 0.2) is 0 Å². The van der Waals surface area contributed by atoms with E-state index in [0.29, 0.717) is 6.10 Å². The van der Waals surface area contributed by atoms with Gasteiger partial charge in [-0.15, -0.1) is 0 Å². The second-order valence-electron chi connectivity index (χ2n) is 3.89. The highest BCUT2D eigenvalue weighted by atomic mass is 16.6. The minimum Gasteiger partial charge on any atom is -0.375 e. The van der Waals surface area contributed by atoms with Gasteiger partial charge in [-0.3, -0.25) is 0 Å². The molecule has 3 nitrogen and oxygen atoms in total. The van der Waals surface area contributed by atoms with E-state index in [4.69, 9.17) is 9.47 Å². The molecular weight excluding hydrogens is 154 g/mol. The smallest absolute Gasteiger partial charge is 0.109 e. The van der Waals surface area contributed by atoms with E-state index in [9.17, 15) is 0 Å². The van der Waals surface area contributed by atoms with Gasteiger partial charge in [-0.2, -0.15) is 0 Å². The molecule has 0 bridgehead atoms. The summed E-state index contributed by atoms with van der Waals surface area (Å²) in [6.07, 6.45) is 1.60. The predicted octanol–water partition coefficient (Wildman–Crippen LogP) is 0.542. The second kappa shape index (κ2) is 2.98. The zero-order valence-electron chi connectivity index (χ0n) is 7.80. The molecule has 1 spiro atoms. The molecule has 0 saturated carbocycles. The van der Waals surface area contributed by atoms with Crippen molar-refractivity contribution in [2.75, 3.05) is 19.7 Å². The topological polar surface area (TPSA) is 30.5 Å². The maximum atomic E-state index is 5.96. The Kier molecular flexibility index (Phi) is 2.10. The standard InChI is InChI=1S/C9H17NO2/c1-7-5-10-6-9(12-7)3-4-11-8(9)2/h7-8,10H,3-6H2,1-2H3/t7-,8-,9-/m1/s1. The lowest BCUT2D eigenvalue weighted by Crippen LogP contribution is -2.56. The Balaban J connectivity index is 2.08. The number of ether oxygens (including phenoxy) is 2. The summed E-state index contributed by atoms with van der Waals surface area (Å²) in [6.45, 7) is 6.97. The molecular formula is C9H17NO2. The molecule has 0 aromatic rings. The lowest BCUT2D eigenvalue weighted by atomic mass is 9.94. The molecule has 0 amide bonds. The summed E-state index contributed by atoms with van der Waals surface area (Å²) in [6, 6.07) is 0. The molecule has 2 saturated heterocycles. The molecule has 12 heavy (non-hydrogen) atoms. The fourth-order valence-corrected chi connectivity index (χ4v) is 2.12. The van der Waals surface area contributed by atoms with Crippen LogP contribution < -0.4 is 5.32 Å². The molecule has 2 aliphatic heterocycles. The monoisotopic (exact) mass is 171 g/mol. The Morgan fingerprint density at radius 2 is 2.25 bits per heavy atom. The van der Waals surface area contributed by atoms with Crippen molar-refractivity contribution < 1.29 is 9.47 Å². The molecule has 2 fully saturated rings. The Labute approximate surface area is 73.4 Å². The largest absolute Gasteiger partial charge is 0.375 e. The Morgan fingerprint density at radius 1 is 1.42 bits per heavy atom. The summed E-state index contributed by atoms with van der Waals surface area (Å²) < 4.78 is 11.5. The van der Waals surface area contributed by atoms with E-state index in [-0.39, 0.29) is 11.7 Å². The number of hydrogen-bond donors (Lipinski definition) is 1. The van der Waals surface area contributed by atoms with Gasteiger partial charge in [-0.1, -0.05) is 0 Å². The molecule has 0 aromatic heterocycles.